The Bertz CT molecular complexity index is 619. The molecule has 0 radical (unpaired) electrons. The van der Waals surface area contributed by atoms with Crippen molar-refractivity contribution < 1.29 is 18.3 Å². The van der Waals surface area contributed by atoms with E-state index < -0.39 is 12.0 Å². The molecule has 0 atom stereocenters. The lowest BCUT2D eigenvalue weighted by atomic mass is 9.96. The molecule has 0 spiro atoms. The average Bonchev–Trinajstić information content (AvgIpc) is 2.57. The van der Waals surface area contributed by atoms with E-state index in [1.807, 2.05) is 39.6 Å². The summed E-state index contributed by atoms with van der Waals surface area (Å²) < 4.78 is 28.8. The zero-order chi connectivity index (χ0) is 20.4. The summed E-state index contributed by atoms with van der Waals surface area (Å²) in [6.07, 6.45) is 0. The van der Waals surface area contributed by atoms with Crippen LogP contribution in [0.4, 0.5) is 8.78 Å². The van der Waals surface area contributed by atoms with Gasteiger partial charge in [0, 0.05) is 32.1 Å². The van der Waals surface area contributed by atoms with Crippen LogP contribution in [0.25, 0.3) is 0 Å². The molecular formula is C19H31F2IN4O2. The molecule has 0 bridgehead atoms. The number of alkyl halides is 2. The van der Waals surface area contributed by atoms with Gasteiger partial charge in [0.25, 0.3) is 0 Å². The molecule has 0 aliphatic carbocycles. The second-order valence-corrected chi connectivity index (χ2v) is 7.12. The zero-order valence-corrected chi connectivity index (χ0v) is 19.4. The van der Waals surface area contributed by atoms with Gasteiger partial charge in [0.1, 0.15) is 5.75 Å². The number of benzene rings is 1. The van der Waals surface area contributed by atoms with E-state index in [0.717, 1.165) is 5.56 Å². The molecule has 160 valence electrons. The van der Waals surface area contributed by atoms with Crippen molar-refractivity contribution in [3.8, 4) is 5.75 Å². The quantitative estimate of drug-likeness (QED) is 0.243. The molecule has 0 unspecified atom stereocenters. The number of rotatable bonds is 8. The molecule has 1 aromatic carbocycles. The highest BCUT2D eigenvalue weighted by Crippen LogP contribution is 2.16. The van der Waals surface area contributed by atoms with Gasteiger partial charge in [-0.15, -0.1) is 24.0 Å². The minimum atomic E-state index is -2.83. The van der Waals surface area contributed by atoms with Crippen molar-refractivity contribution in [1.82, 2.24) is 15.5 Å². The maximum atomic E-state index is 12.2. The van der Waals surface area contributed by atoms with E-state index in [4.69, 9.17) is 0 Å². The number of carbonyl (C=O) groups excluding carboxylic acids is 1. The Morgan fingerprint density at radius 2 is 1.82 bits per heavy atom. The number of carbonyl (C=O) groups is 1. The topological polar surface area (TPSA) is 66.0 Å². The summed E-state index contributed by atoms with van der Waals surface area (Å²) in [6.45, 7) is 6.90. The monoisotopic (exact) mass is 512 g/mol. The van der Waals surface area contributed by atoms with Crippen molar-refractivity contribution in [2.75, 3.05) is 26.7 Å². The molecule has 0 fully saturated rings. The number of hydrogen-bond donors (Lipinski definition) is 2. The van der Waals surface area contributed by atoms with Crippen LogP contribution in [-0.4, -0.2) is 50.1 Å². The molecule has 6 nitrogen and oxygen atoms in total. The Morgan fingerprint density at radius 1 is 1.21 bits per heavy atom. The van der Waals surface area contributed by atoms with Crippen LogP contribution in [0.15, 0.2) is 29.3 Å². The second-order valence-electron chi connectivity index (χ2n) is 7.12. The van der Waals surface area contributed by atoms with Crippen molar-refractivity contribution in [2.45, 2.75) is 40.9 Å². The summed E-state index contributed by atoms with van der Waals surface area (Å²) in [7, 11) is 1.89. The van der Waals surface area contributed by atoms with Crippen LogP contribution < -0.4 is 15.4 Å². The van der Waals surface area contributed by atoms with Crippen molar-refractivity contribution in [2.24, 2.45) is 10.4 Å². The molecule has 28 heavy (non-hydrogen) atoms. The van der Waals surface area contributed by atoms with Gasteiger partial charge in [0.2, 0.25) is 5.91 Å². The highest BCUT2D eigenvalue weighted by molar-refractivity contribution is 14.0. The van der Waals surface area contributed by atoms with Gasteiger partial charge in [0.05, 0.1) is 6.54 Å². The number of amides is 1. The van der Waals surface area contributed by atoms with Crippen molar-refractivity contribution in [3.05, 3.63) is 29.8 Å². The molecule has 1 rings (SSSR count). The first-order valence-corrected chi connectivity index (χ1v) is 8.95. The third kappa shape index (κ3) is 10.0. The fourth-order valence-corrected chi connectivity index (χ4v) is 2.19. The number of nitrogens with zero attached hydrogens (tertiary/aromatic N) is 2. The molecule has 0 saturated carbocycles. The Hall–Kier alpha value is -1.65. The molecular weight excluding hydrogens is 481 g/mol. The van der Waals surface area contributed by atoms with Gasteiger partial charge < -0.3 is 20.3 Å². The van der Waals surface area contributed by atoms with E-state index >= 15 is 0 Å². The van der Waals surface area contributed by atoms with Crippen molar-refractivity contribution >= 4 is 35.8 Å². The predicted octanol–water partition coefficient (Wildman–Crippen LogP) is 3.47. The predicted molar refractivity (Wildman–Crippen MR) is 118 cm³/mol. The van der Waals surface area contributed by atoms with Crippen molar-refractivity contribution in [1.29, 1.82) is 0 Å². The minimum Gasteiger partial charge on any atom is -0.435 e. The van der Waals surface area contributed by atoms with Crippen LogP contribution in [0.1, 0.15) is 33.3 Å². The van der Waals surface area contributed by atoms with Gasteiger partial charge in [-0.2, -0.15) is 8.78 Å². The fraction of sp³-hybridized carbons (Fsp3) is 0.579. The van der Waals surface area contributed by atoms with Gasteiger partial charge in [-0.3, -0.25) is 9.79 Å². The summed E-state index contributed by atoms with van der Waals surface area (Å²) >= 11 is 0. The number of aliphatic imine (C=N–C) groups is 1. The van der Waals surface area contributed by atoms with E-state index in [1.165, 1.54) is 12.1 Å². The van der Waals surface area contributed by atoms with E-state index in [9.17, 15) is 13.6 Å². The van der Waals surface area contributed by atoms with E-state index in [2.05, 4.69) is 20.4 Å². The van der Waals surface area contributed by atoms with Crippen LogP contribution in [0, 0.1) is 5.41 Å². The van der Waals surface area contributed by atoms with Crippen LogP contribution in [0.3, 0.4) is 0 Å². The van der Waals surface area contributed by atoms with Crippen LogP contribution in [0.5, 0.6) is 5.75 Å². The normalized spacial score (nSPS) is 11.6. The lowest BCUT2D eigenvalue weighted by Gasteiger charge is -2.22. The first-order valence-electron chi connectivity index (χ1n) is 8.95. The van der Waals surface area contributed by atoms with E-state index in [0.29, 0.717) is 32.1 Å². The largest absolute Gasteiger partial charge is 0.435 e. The molecule has 0 aliphatic heterocycles. The molecule has 1 amide bonds. The SMILES string of the molecule is CCNC(=NCCNC(=O)C(C)(C)C)N(C)Cc1ccc(OC(F)F)cc1.I. The smallest absolute Gasteiger partial charge is 0.387 e. The number of guanidine groups is 1. The number of halogens is 3. The number of nitrogens with one attached hydrogen (secondary N) is 2. The van der Waals surface area contributed by atoms with Gasteiger partial charge in [-0.1, -0.05) is 32.9 Å². The summed E-state index contributed by atoms with van der Waals surface area (Å²) in [5.74, 6) is 0.823. The summed E-state index contributed by atoms with van der Waals surface area (Å²) in [4.78, 5) is 18.3. The van der Waals surface area contributed by atoms with Gasteiger partial charge in [0.15, 0.2) is 5.96 Å². The second kappa shape index (κ2) is 12.7. The first-order chi connectivity index (χ1) is 12.6. The average molecular weight is 512 g/mol. The zero-order valence-electron chi connectivity index (χ0n) is 17.1. The van der Waals surface area contributed by atoms with Crippen LogP contribution >= 0.6 is 24.0 Å². The van der Waals surface area contributed by atoms with Crippen LogP contribution in [0.2, 0.25) is 0 Å². The molecule has 9 heteroatoms. The molecule has 0 aliphatic rings. The van der Waals surface area contributed by atoms with Gasteiger partial charge >= 0.3 is 6.61 Å². The number of ether oxygens (including phenoxy) is 1. The van der Waals surface area contributed by atoms with Gasteiger partial charge in [-0.05, 0) is 24.6 Å². The van der Waals surface area contributed by atoms with E-state index in [1.54, 1.807) is 12.1 Å². The molecule has 1 aromatic rings. The highest BCUT2D eigenvalue weighted by Gasteiger charge is 2.20. The van der Waals surface area contributed by atoms with Gasteiger partial charge in [-0.25, -0.2) is 0 Å². The molecule has 0 saturated heterocycles. The summed E-state index contributed by atoms with van der Waals surface area (Å²) in [5.41, 5.74) is 0.510. The minimum absolute atomic E-state index is 0. The Balaban J connectivity index is 0.00000729. The highest BCUT2D eigenvalue weighted by atomic mass is 127. The third-order valence-electron chi connectivity index (χ3n) is 3.60. The molecule has 0 aromatic heterocycles. The summed E-state index contributed by atoms with van der Waals surface area (Å²) in [5, 5.41) is 6.06. The Morgan fingerprint density at radius 3 is 2.32 bits per heavy atom. The molecule has 0 heterocycles. The van der Waals surface area contributed by atoms with E-state index in [-0.39, 0.29) is 35.6 Å². The first kappa shape index (κ1) is 26.4. The third-order valence-corrected chi connectivity index (χ3v) is 3.60. The maximum absolute atomic E-state index is 12.2. The lowest BCUT2D eigenvalue weighted by Crippen LogP contribution is -2.40. The standard InChI is InChI=1S/C19H30F2N4O2.HI/c1-6-22-18(24-12-11-23-16(26)19(2,3)4)25(5)13-14-7-9-15(10-8-14)27-17(20)21;/h7-10,17H,6,11-13H2,1-5H3,(H,22,24)(H,23,26);1H. The Labute approximate surface area is 183 Å². The fourth-order valence-electron chi connectivity index (χ4n) is 2.19. The number of hydrogen-bond acceptors (Lipinski definition) is 3. The molecule has 2 N–H and O–H groups in total. The maximum Gasteiger partial charge on any atom is 0.387 e. The lowest BCUT2D eigenvalue weighted by molar-refractivity contribution is -0.128. The Kier molecular flexibility index (Phi) is 12.0. The van der Waals surface area contributed by atoms with Crippen molar-refractivity contribution in [3.63, 3.8) is 0 Å². The summed E-state index contributed by atoms with van der Waals surface area (Å²) in [6, 6.07) is 6.51. The van der Waals surface area contributed by atoms with Crippen LogP contribution in [-0.2, 0) is 11.3 Å².